The number of nitrogens with two attached hydrogens (primary N) is 1. The Morgan fingerprint density at radius 2 is 1.66 bits per heavy atom. The van der Waals surface area contributed by atoms with Crippen LogP contribution >= 0.6 is 0 Å². The normalized spacial score (nSPS) is 39.9. The van der Waals surface area contributed by atoms with Gasteiger partial charge in [-0.3, -0.25) is 4.79 Å². The van der Waals surface area contributed by atoms with Gasteiger partial charge < -0.3 is 10.5 Å². The number of anilines is 1. The van der Waals surface area contributed by atoms with Crippen LogP contribution in [0.15, 0.2) is 76.9 Å². The molecule has 4 fully saturated rings. The van der Waals surface area contributed by atoms with Gasteiger partial charge in [0, 0.05) is 18.1 Å². The minimum atomic E-state index is -0.277. The number of allylic oxidation sites excluding steroid dienone is 1. The number of benzene rings is 2. The lowest BCUT2D eigenvalue weighted by Crippen LogP contribution is -2.53. The second-order valence-electron chi connectivity index (χ2n) is 14.0. The third-order valence-electron chi connectivity index (χ3n) is 12.1. The van der Waals surface area contributed by atoms with Gasteiger partial charge in [-0.15, -0.1) is 0 Å². The molecular formula is C36H45N3O2. The van der Waals surface area contributed by atoms with Crippen LogP contribution in [0.2, 0.25) is 0 Å². The van der Waals surface area contributed by atoms with Gasteiger partial charge >= 0.3 is 5.97 Å². The molecule has 0 radical (unpaired) electrons. The molecule has 1 unspecified atom stereocenters. The van der Waals surface area contributed by atoms with Crippen LogP contribution in [-0.4, -0.2) is 24.0 Å². The van der Waals surface area contributed by atoms with E-state index in [2.05, 4.69) is 68.4 Å². The number of nitrogens with zero attached hydrogens (tertiary/aromatic N) is 2. The molecule has 4 aliphatic carbocycles. The van der Waals surface area contributed by atoms with Crippen molar-refractivity contribution >= 4 is 17.4 Å². The number of hydrogen-bond donors (Lipinski definition) is 1. The van der Waals surface area contributed by atoms with Crippen LogP contribution in [0.3, 0.4) is 0 Å². The van der Waals surface area contributed by atoms with Gasteiger partial charge in [-0.1, -0.05) is 68.0 Å². The first-order valence-corrected chi connectivity index (χ1v) is 15.9. The van der Waals surface area contributed by atoms with Crippen molar-refractivity contribution in [2.24, 2.45) is 45.3 Å². The number of carbonyl (C=O) groups excluding carboxylic acids is 1. The predicted octanol–water partition coefficient (Wildman–Crippen LogP) is 7.47. The summed E-state index contributed by atoms with van der Waals surface area (Å²) in [4.78, 5) is 11.7. The Labute approximate surface area is 245 Å². The molecule has 5 aliphatic rings. The van der Waals surface area contributed by atoms with Crippen molar-refractivity contribution in [3.63, 3.8) is 0 Å². The largest absolute Gasteiger partial charge is 0.463 e. The molecule has 41 heavy (non-hydrogen) atoms. The number of rotatable bonds is 3. The molecule has 0 bridgehead atoms. The van der Waals surface area contributed by atoms with E-state index in [9.17, 15) is 4.79 Å². The maximum Gasteiger partial charge on any atom is 0.302 e. The monoisotopic (exact) mass is 551 g/mol. The van der Waals surface area contributed by atoms with Crippen LogP contribution in [-0.2, 0) is 9.53 Å². The molecule has 0 aromatic heterocycles. The summed E-state index contributed by atoms with van der Waals surface area (Å²) in [6, 6.07) is 21.1. The zero-order valence-corrected chi connectivity index (χ0v) is 24.9. The van der Waals surface area contributed by atoms with Gasteiger partial charge in [0.25, 0.3) is 0 Å². The Morgan fingerprint density at radius 1 is 0.927 bits per heavy atom. The Kier molecular flexibility index (Phi) is 6.65. The van der Waals surface area contributed by atoms with Gasteiger partial charge in [0.05, 0.1) is 11.4 Å². The summed E-state index contributed by atoms with van der Waals surface area (Å²) in [6.45, 7) is 6.71. The van der Waals surface area contributed by atoms with E-state index < -0.39 is 0 Å². The van der Waals surface area contributed by atoms with Crippen molar-refractivity contribution < 1.29 is 9.53 Å². The average molecular weight is 552 g/mol. The maximum atomic E-state index is 11.7. The molecular weight excluding hydrogens is 506 g/mol. The summed E-state index contributed by atoms with van der Waals surface area (Å²) >= 11 is 0. The minimum absolute atomic E-state index is 0.117. The highest BCUT2D eigenvalue weighted by Crippen LogP contribution is 2.68. The van der Waals surface area contributed by atoms with E-state index in [0.29, 0.717) is 17.3 Å². The fourth-order valence-electron chi connectivity index (χ4n) is 10.2. The maximum absolute atomic E-state index is 11.7. The lowest BCUT2D eigenvalue weighted by atomic mass is 9.45. The quantitative estimate of drug-likeness (QED) is 0.402. The standard InChI is InChI=1S/C36H45N3O2/c1-23(40)41-27-18-20-35(2)25(22-27)14-15-28-29-16-17-31(36(29,3)21-19-30(28)35)32-33(24-10-6-4-7-11-24)38-39(34(32)37)26-12-8-5-9-13-26/h4-13,25,27-30,34H,14-22,37H2,1-3H3/b32-31+/t25-,27-,28-,29-,30-,34?,35-,36-/m0/s1. The SMILES string of the molecule is CC(=O)O[C@H]1CC[C@@]2(C)[C@@H](CC[C@@H]3[C@@H]2CC[C@]2(C)/C(=C4\C(c5ccccc5)=NN(c5ccccc5)C4N)CC[C@@H]32)C1. The number of fused-ring (bicyclic) bond motifs is 5. The fourth-order valence-corrected chi connectivity index (χ4v) is 10.2. The second kappa shape index (κ2) is 10.1. The van der Waals surface area contributed by atoms with E-state index in [1.807, 2.05) is 11.1 Å². The summed E-state index contributed by atoms with van der Waals surface area (Å²) in [5, 5.41) is 7.25. The molecule has 4 saturated carbocycles. The van der Waals surface area contributed by atoms with Crippen molar-refractivity contribution in [3.8, 4) is 0 Å². The van der Waals surface area contributed by atoms with Crippen molar-refractivity contribution in [1.82, 2.24) is 0 Å². The Balaban J connectivity index is 1.22. The summed E-state index contributed by atoms with van der Waals surface area (Å²) in [6.07, 6.45) is 10.6. The number of hydrazone groups is 1. The highest BCUT2D eigenvalue weighted by Gasteiger charge is 2.60. The summed E-state index contributed by atoms with van der Waals surface area (Å²) < 4.78 is 5.70. The molecule has 5 heteroatoms. The van der Waals surface area contributed by atoms with Crippen molar-refractivity contribution in [2.45, 2.75) is 90.8 Å². The first-order chi connectivity index (χ1) is 19.8. The highest BCUT2D eigenvalue weighted by molar-refractivity contribution is 6.16. The van der Waals surface area contributed by atoms with Crippen LogP contribution in [0.1, 0.15) is 84.1 Å². The van der Waals surface area contributed by atoms with Crippen LogP contribution < -0.4 is 10.7 Å². The number of esters is 1. The Hall–Kier alpha value is -2.92. The molecule has 0 saturated heterocycles. The Bertz CT molecular complexity index is 1370. The van der Waals surface area contributed by atoms with E-state index in [-0.39, 0.29) is 23.7 Å². The molecule has 7 rings (SSSR count). The van der Waals surface area contributed by atoms with Crippen molar-refractivity contribution in [1.29, 1.82) is 0 Å². The predicted molar refractivity (Wildman–Crippen MR) is 164 cm³/mol. The van der Waals surface area contributed by atoms with E-state index >= 15 is 0 Å². The lowest BCUT2D eigenvalue weighted by molar-refractivity contribution is -0.158. The first kappa shape index (κ1) is 26.9. The number of hydrogen-bond acceptors (Lipinski definition) is 5. The van der Waals surface area contributed by atoms with Crippen LogP contribution in [0.25, 0.3) is 0 Å². The van der Waals surface area contributed by atoms with E-state index in [1.165, 1.54) is 44.1 Å². The van der Waals surface area contributed by atoms with Crippen molar-refractivity contribution in [3.05, 3.63) is 77.4 Å². The molecule has 5 nitrogen and oxygen atoms in total. The molecule has 1 aliphatic heterocycles. The van der Waals surface area contributed by atoms with Gasteiger partial charge in [-0.2, -0.15) is 5.10 Å². The van der Waals surface area contributed by atoms with Gasteiger partial charge in [0.15, 0.2) is 0 Å². The van der Waals surface area contributed by atoms with Crippen LogP contribution in [0, 0.1) is 34.5 Å². The van der Waals surface area contributed by atoms with E-state index in [4.69, 9.17) is 15.6 Å². The molecule has 216 valence electrons. The van der Waals surface area contributed by atoms with Crippen LogP contribution in [0.4, 0.5) is 5.69 Å². The lowest BCUT2D eigenvalue weighted by Gasteiger charge is -2.60. The van der Waals surface area contributed by atoms with Gasteiger partial charge in [-0.25, -0.2) is 5.01 Å². The van der Waals surface area contributed by atoms with Gasteiger partial charge in [-0.05, 0) is 104 Å². The summed E-state index contributed by atoms with van der Waals surface area (Å²) in [7, 11) is 0. The third kappa shape index (κ3) is 4.29. The first-order valence-electron chi connectivity index (χ1n) is 15.9. The summed E-state index contributed by atoms with van der Waals surface area (Å²) in [5.41, 5.74) is 13.8. The average Bonchev–Trinajstić information content (AvgIpc) is 3.50. The van der Waals surface area contributed by atoms with Gasteiger partial charge in [0.2, 0.25) is 0 Å². The number of ether oxygens (including phenoxy) is 1. The van der Waals surface area contributed by atoms with Crippen molar-refractivity contribution in [2.75, 3.05) is 5.01 Å². The van der Waals surface area contributed by atoms with E-state index in [0.717, 1.165) is 48.1 Å². The third-order valence-corrected chi connectivity index (χ3v) is 12.1. The number of carbonyl (C=O) groups is 1. The minimum Gasteiger partial charge on any atom is -0.463 e. The molecule has 2 aromatic rings. The molecule has 0 spiro atoms. The zero-order valence-electron chi connectivity index (χ0n) is 24.9. The summed E-state index contributed by atoms with van der Waals surface area (Å²) in [5.74, 6) is 2.77. The smallest absolute Gasteiger partial charge is 0.302 e. The second-order valence-corrected chi connectivity index (χ2v) is 14.0. The molecule has 0 amide bonds. The van der Waals surface area contributed by atoms with E-state index in [1.54, 1.807) is 12.5 Å². The fraction of sp³-hybridized carbons (Fsp3) is 0.556. The highest BCUT2D eigenvalue weighted by atomic mass is 16.5. The van der Waals surface area contributed by atoms with Gasteiger partial charge in [0.1, 0.15) is 12.3 Å². The van der Waals surface area contributed by atoms with Crippen LogP contribution in [0.5, 0.6) is 0 Å². The zero-order chi connectivity index (χ0) is 28.4. The number of para-hydroxylation sites is 1. The Morgan fingerprint density at radius 3 is 2.39 bits per heavy atom. The molecule has 2 aromatic carbocycles. The molecule has 2 N–H and O–H groups in total. The molecule has 8 atom stereocenters. The molecule has 1 heterocycles. The topological polar surface area (TPSA) is 67.9 Å².